The molecule has 2 aromatic carbocycles. The molecular weight excluding hydrogens is 315 g/mol. The van der Waals surface area contributed by atoms with Crippen LogP contribution in [0.2, 0.25) is 0 Å². The quantitative estimate of drug-likeness (QED) is 0.823. The zero-order chi connectivity index (χ0) is 17.8. The van der Waals surface area contributed by atoms with Crippen molar-refractivity contribution in [3.63, 3.8) is 0 Å². The molecule has 1 heterocycles. The van der Waals surface area contributed by atoms with Crippen LogP contribution in [-0.4, -0.2) is 43.1 Å². The second kappa shape index (κ2) is 7.98. The molecule has 25 heavy (non-hydrogen) atoms. The van der Waals surface area contributed by atoms with Gasteiger partial charge in [0, 0.05) is 44.8 Å². The number of nitrogens with zero attached hydrogens (tertiary/aromatic N) is 2. The van der Waals surface area contributed by atoms with Gasteiger partial charge >= 0.3 is 0 Å². The molecule has 1 saturated heterocycles. The number of hydrogen-bond donors (Lipinski definition) is 0. The lowest BCUT2D eigenvalue weighted by Crippen LogP contribution is -2.45. The van der Waals surface area contributed by atoms with Gasteiger partial charge in [0.15, 0.2) is 0 Å². The van der Waals surface area contributed by atoms with Gasteiger partial charge in [-0.15, -0.1) is 0 Å². The summed E-state index contributed by atoms with van der Waals surface area (Å²) in [4.78, 5) is 4.81. The van der Waals surface area contributed by atoms with E-state index in [1.54, 1.807) is 19.2 Å². The van der Waals surface area contributed by atoms with Gasteiger partial charge in [-0.1, -0.05) is 24.3 Å². The molecular formula is C21H27FN2O. The Morgan fingerprint density at radius 2 is 1.48 bits per heavy atom. The van der Waals surface area contributed by atoms with E-state index in [0.29, 0.717) is 6.54 Å². The largest absolute Gasteiger partial charge is 0.496 e. The molecule has 0 N–H and O–H groups in total. The van der Waals surface area contributed by atoms with Gasteiger partial charge in [-0.3, -0.25) is 9.80 Å². The van der Waals surface area contributed by atoms with Crippen LogP contribution in [0.3, 0.4) is 0 Å². The lowest BCUT2D eigenvalue weighted by Gasteiger charge is -2.35. The van der Waals surface area contributed by atoms with Crippen LogP contribution in [0.5, 0.6) is 5.75 Å². The van der Waals surface area contributed by atoms with E-state index in [4.69, 9.17) is 4.74 Å². The van der Waals surface area contributed by atoms with Crippen LogP contribution < -0.4 is 4.74 Å². The molecule has 3 nitrogen and oxygen atoms in total. The van der Waals surface area contributed by atoms with E-state index in [9.17, 15) is 4.39 Å². The molecule has 0 saturated carbocycles. The first-order valence-corrected chi connectivity index (χ1v) is 8.89. The van der Waals surface area contributed by atoms with Gasteiger partial charge in [0.1, 0.15) is 11.6 Å². The maximum Gasteiger partial charge on any atom is 0.127 e. The summed E-state index contributed by atoms with van der Waals surface area (Å²) in [7, 11) is 1.72. The van der Waals surface area contributed by atoms with E-state index in [2.05, 4.69) is 35.8 Å². The van der Waals surface area contributed by atoms with Gasteiger partial charge in [-0.05, 0) is 42.7 Å². The number of aryl methyl sites for hydroxylation is 2. The van der Waals surface area contributed by atoms with Crippen LogP contribution in [-0.2, 0) is 13.1 Å². The molecule has 3 rings (SSSR count). The summed E-state index contributed by atoms with van der Waals surface area (Å²) >= 11 is 0. The lowest BCUT2D eigenvalue weighted by molar-refractivity contribution is 0.121. The highest BCUT2D eigenvalue weighted by Crippen LogP contribution is 2.24. The van der Waals surface area contributed by atoms with Gasteiger partial charge in [-0.2, -0.15) is 0 Å². The van der Waals surface area contributed by atoms with Crippen molar-refractivity contribution in [3.8, 4) is 5.75 Å². The van der Waals surface area contributed by atoms with Crippen LogP contribution in [0.25, 0.3) is 0 Å². The SMILES string of the molecule is COc1cc(C)c(CN2CCN(Cc3ccccc3F)CC2)cc1C. The molecule has 0 unspecified atom stereocenters. The number of rotatable bonds is 5. The van der Waals surface area contributed by atoms with Crippen molar-refractivity contribution in [2.75, 3.05) is 33.3 Å². The highest BCUT2D eigenvalue weighted by molar-refractivity contribution is 5.41. The number of methoxy groups -OCH3 is 1. The Kier molecular flexibility index (Phi) is 5.71. The normalized spacial score (nSPS) is 16.2. The fourth-order valence-electron chi connectivity index (χ4n) is 3.45. The zero-order valence-electron chi connectivity index (χ0n) is 15.4. The Balaban J connectivity index is 1.56. The molecule has 0 aliphatic carbocycles. The summed E-state index contributed by atoms with van der Waals surface area (Å²) in [6.07, 6.45) is 0. The monoisotopic (exact) mass is 342 g/mol. The zero-order valence-corrected chi connectivity index (χ0v) is 15.4. The third-order valence-electron chi connectivity index (χ3n) is 5.06. The van der Waals surface area contributed by atoms with E-state index in [0.717, 1.165) is 44.0 Å². The van der Waals surface area contributed by atoms with E-state index in [1.807, 2.05) is 12.1 Å². The maximum absolute atomic E-state index is 13.8. The molecule has 0 atom stereocenters. The van der Waals surface area contributed by atoms with Crippen molar-refractivity contribution in [2.24, 2.45) is 0 Å². The predicted octanol–water partition coefficient (Wildman–Crippen LogP) is 3.77. The van der Waals surface area contributed by atoms with E-state index in [-0.39, 0.29) is 5.82 Å². The minimum Gasteiger partial charge on any atom is -0.496 e. The van der Waals surface area contributed by atoms with Crippen molar-refractivity contribution in [2.45, 2.75) is 26.9 Å². The van der Waals surface area contributed by atoms with E-state index < -0.39 is 0 Å². The van der Waals surface area contributed by atoms with Gasteiger partial charge in [0.25, 0.3) is 0 Å². The standard InChI is InChI=1S/C21H27FN2O/c1-16-13-21(25-3)17(2)12-19(16)15-24-10-8-23(9-11-24)14-18-6-4-5-7-20(18)22/h4-7,12-13H,8-11,14-15H2,1-3H3. The maximum atomic E-state index is 13.8. The molecule has 2 aromatic rings. The molecule has 0 radical (unpaired) electrons. The van der Waals surface area contributed by atoms with Gasteiger partial charge in [0.2, 0.25) is 0 Å². The second-order valence-corrected chi connectivity index (χ2v) is 6.89. The molecule has 0 aromatic heterocycles. The van der Waals surface area contributed by atoms with Crippen molar-refractivity contribution < 1.29 is 9.13 Å². The lowest BCUT2D eigenvalue weighted by atomic mass is 10.0. The Morgan fingerprint density at radius 3 is 2.08 bits per heavy atom. The molecule has 134 valence electrons. The number of piperazine rings is 1. The predicted molar refractivity (Wildman–Crippen MR) is 99.4 cm³/mol. The molecule has 1 fully saturated rings. The molecule has 0 amide bonds. The van der Waals surface area contributed by atoms with Crippen molar-refractivity contribution >= 4 is 0 Å². The molecule has 4 heteroatoms. The topological polar surface area (TPSA) is 15.7 Å². The Hall–Kier alpha value is -1.91. The van der Waals surface area contributed by atoms with Crippen LogP contribution >= 0.6 is 0 Å². The van der Waals surface area contributed by atoms with Crippen molar-refractivity contribution in [3.05, 3.63) is 64.5 Å². The summed E-state index contributed by atoms with van der Waals surface area (Å²) in [6.45, 7) is 9.87. The molecule has 0 spiro atoms. The van der Waals surface area contributed by atoms with Gasteiger partial charge < -0.3 is 4.74 Å². The Morgan fingerprint density at radius 1 is 0.880 bits per heavy atom. The van der Waals surface area contributed by atoms with Gasteiger partial charge in [-0.25, -0.2) is 4.39 Å². The first-order chi connectivity index (χ1) is 12.1. The minimum atomic E-state index is -0.103. The van der Waals surface area contributed by atoms with Crippen molar-refractivity contribution in [1.29, 1.82) is 0 Å². The van der Waals surface area contributed by atoms with Crippen molar-refractivity contribution in [1.82, 2.24) is 9.80 Å². The molecule has 0 bridgehead atoms. The third-order valence-corrected chi connectivity index (χ3v) is 5.06. The van der Waals surface area contributed by atoms with Gasteiger partial charge in [0.05, 0.1) is 7.11 Å². The Labute approximate surface area is 150 Å². The molecule has 1 aliphatic rings. The van der Waals surface area contributed by atoms with Crippen LogP contribution in [0.1, 0.15) is 22.3 Å². The van der Waals surface area contributed by atoms with Crippen LogP contribution in [0.15, 0.2) is 36.4 Å². The summed E-state index contributed by atoms with van der Waals surface area (Å²) < 4.78 is 19.2. The summed E-state index contributed by atoms with van der Waals surface area (Å²) in [6, 6.07) is 11.4. The highest BCUT2D eigenvalue weighted by atomic mass is 19.1. The Bertz CT molecular complexity index is 724. The van der Waals surface area contributed by atoms with E-state index >= 15 is 0 Å². The average molecular weight is 342 g/mol. The second-order valence-electron chi connectivity index (χ2n) is 6.89. The fourth-order valence-corrected chi connectivity index (χ4v) is 3.45. The third kappa shape index (κ3) is 4.39. The first-order valence-electron chi connectivity index (χ1n) is 8.89. The number of ether oxygens (including phenoxy) is 1. The number of hydrogen-bond acceptors (Lipinski definition) is 3. The highest BCUT2D eigenvalue weighted by Gasteiger charge is 2.19. The summed E-state index contributed by atoms with van der Waals surface area (Å²) in [5.41, 5.74) is 4.61. The number of halogens is 1. The molecule has 1 aliphatic heterocycles. The number of benzene rings is 2. The fraction of sp³-hybridized carbons (Fsp3) is 0.429. The van der Waals surface area contributed by atoms with Crippen LogP contribution in [0, 0.1) is 19.7 Å². The summed E-state index contributed by atoms with van der Waals surface area (Å²) in [5, 5.41) is 0. The van der Waals surface area contributed by atoms with Crippen LogP contribution in [0.4, 0.5) is 4.39 Å². The van der Waals surface area contributed by atoms with E-state index in [1.165, 1.54) is 16.7 Å². The minimum absolute atomic E-state index is 0.103. The first kappa shape index (κ1) is 17.9. The summed E-state index contributed by atoms with van der Waals surface area (Å²) in [5.74, 6) is 0.852. The smallest absolute Gasteiger partial charge is 0.127 e. The average Bonchev–Trinajstić information content (AvgIpc) is 2.61.